The van der Waals surface area contributed by atoms with Crippen molar-refractivity contribution in [2.45, 2.75) is 46.2 Å². The van der Waals surface area contributed by atoms with Crippen molar-refractivity contribution in [2.75, 3.05) is 0 Å². The lowest BCUT2D eigenvalue weighted by Crippen LogP contribution is -2.29. The third-order valence-corrected chi connectivity index (χ3v) is 4.48. The van der Waals surface area contributed by atoms with Gasteiger partial charge in [-0.1, -0.05) is 56.3 Å². The highest BCUT2D eigenvalue weighted by Crippen LogP contribution is 2.22. The van der Waals surface area contributed by atoms with Crippen LogP contribution in [0.15, 0.2) is 54.6 Å². The van der Waals surface area contributed by atoms with Crippen LogP contribution in [-0.2, 0) is 17.8 Å². The van der Waals surface area contributed by atoms with Gasteiger partial charge in [-0.05, 0) is 37.0 Å². The van der Waals surface area contributed by atoms with E-state index in [0.29, 0.717) is 12.3 Å². The number of nitrogens with one attached hydrogen (secondary N) is 1. The molecule has 1 unspecified atom stereocenters. The summed E-state index contributed by atoms with van der Waals surface area (Å²) in [6.45, 7) is 7.29. The largest absolute Gasteiger partial charge is 0.346 e. The Bertz CT molecular complexity index is 867. The lowest BCUT2D eigenvalue weighted by Gasteiger charge is -2.17. The SMILES string of the molecule is CC(C)Cn1c(C(C)NC(=O)CCc2ccccc2)nc2ccccc21. The number of rotatable bonds is 7. The van der Waals surface area contributed by atoms with Crippen molar-refractivity contribution in [3.8, 4) is 0 Å². The first-order chi connectivity index (χ1) is 12.5. The summed E-state index contributed by atoms with van der Waals surface area (Å²) in [5, 5.41) is 3.12. The Morgan fingerprint density at radius 1 is 1.04 bits per heavy atom. The van der Waals surface area contributed by atoms with E-state index in [2.05, 4.69) is 41.9 Å². The van der Waals surface area contributed by atoms with E-state index in [1.807, 2.05) is 43.3 Å². The Labute approximate surface area is 155 Å². The summed E-state index contributed by atoms with van der Waals surface area (Å²) in [6.07, 6.45) is 1.24. The van der Waals surface area contributed by atoms with Crippen LogP contribution in [0.3, 0.4) is 0 Å². The average molecular weight is 349 g/mol. The van der Waals surface area contributed by atoms with Crippen LogP contribution in [0.1, 0.15) is 44.6 Å². The summed E-state index contributed by atoms with van der Waals surface area (Å²) < 4.78 is 2.24. The highest BCUT2D eigenvalue weighted by molar-refractivity contribution is 5.78. The number of carbonyl (C=O) groups is 1. The summed E-state index contributed by atoms with van der Waals surface area (Å²) in [5.74, 6) is 1.49. The fourth-order valence-electron chi connectivity index (χ4n) is 3.26. The molecule has 0 fully saturated rings. The molecule has 1 amide bonds. The van der Waals surface area contributed by atoms with Crippen molar-refractivity contribution in [1.82, 2.24) is 14.9 Å². The van der Waals surface area contributed by atoms with Gasteiger partial charge in [0.2, 0.25) is 5.91 Å². The maximum atomic E-state index is 12.4. The molecular weight excluding hydrogens is 322 g/mol. The molecule has 0 aliphatic carbocycles. The minimum atomic E-state index is -0.121. The molecule has 3 aromatic rings. The van der Waals surface area contributed by atoms with Gasteiger partial charge in [0.05, 0.1) is 17.1 Å². The molecule has 26 heavy (non-hydrogen) atoms. The molecule has 0 aliphatic heterocycles. The van der Waals surface area contributed by atoms with Gasteiger partial charge in [-0.3, -0.25) is 4.79 Å². The fraction of sp³-hybridized carbons (Fsp3) is 0.364. The molecule has 0 saturated carbocycles. The van der Waals surface area contributed by atoms with E-state index in [-0.39, 0.29) is 11.9 Å². The predicted octanol–water partition coefficient (Wildman–Crippen LogP) is 4.50. The summed E-state index contributed by atoms with van der Waals surface area (Å²) in [5.41, 5.74) is 3.29. The van der Waals surface area contributed by atoms with Crippen LogP contribution in [0.5, 0.6) is 0 Å². The highest BCUT2D eigenvalue weighted by atomic mass is 16.1. The van der Waals surface area contributed by atoms with Crippen LogP contribution >= 0.6 is 0 Å². The maximum absolute atomic E-state index is 12.4. The zero-order valence-corrected chi connectivity index (χ0v) is 15.8. The Balaban J connectivity index is 1.72. The van der Waals surface area contributed by atoms with E-state index in [1.165, 1.54) is 5.56 Å². The number of aryl methyl sites for hydroxylation is 1. The predicted molar refractivity (Wildman–Crippen MR) is 106 cm³/mol. The number of hydrogen-bond acceptors (Lipinski definition) is 2. The van der Waals surface area contributed by atoms with Crippen molar-refractivity contribution in [1.29, 1.82) is 0 Å². The molecule has 4 nitrogen and oxygen atoms in total. The minimum Gasteiger partial charge on any atom is -0.346 e. The maximum Gasteiger partial charge on any atom is 0.220 e. The quantitative estimate of drug-likeness (QED) is 0.682. The molecule has 0 radical (unpaired) electrons. The van der Waals surface area contributed by atoms with E-state index in [0.717, 1.165) is 29.8 Å². The van der Waals surface area contributed by atoms with Gasteiger partial charge in [0, 0.05) is 13.0 Å². The van der Waals surface area contributed by atoms with E-state index in [1.54, 1.807) is 0 Å². The number of carbonyl (C=O) groups excluding carboxylic acids is 1. The molecule has 1 heterocycles. The average Bonchev–Trinajstić information content (AvgIpc) is 2.99. The first kappa shape index (κ1) is 18.2. The summed E-state index contributed by atoms with van der Waals surface area (Å²) in [6, 6.07) is 18.1. The number of fused-ring (bicyclic) bond motifs is 1. The van der Waals surface area contributed by atoms with E-state index < -0.39 is 0 Å². The molecule has 2 aromatic carbocycles. The van der Waals surface area contributed by atoms with Gasteiger partial charge in [-0.15, -0.1) is 0 Å². The first-order valence-electron chi connectivity index (χ1n) is 9.33. The van der Waals surface area contributed by atoms with Gasteiger partial charge >= 0.3 is 0 Å². The lowest BCUT2D eigenvalue weighted by atomic mass is 10.1. The number of nitrogens with zero attached hydrogens (tertiary/aromatic N) is 2. The number of imidazole rings is 1. The summed E-state index contributed by atoms with van der Waals surface area (Å²) in [7, 11) is 0. The van der Waals surface area contributed by atoms with Crippen molar-refractivity contribution < 1.29 is 4.79 Å². The van der Waals surface area contributed by atoms with Crippen LogP contribution in [0, 0.1) is 5.92 Å². The number of aromatic nitrogens is 2. The lowest BCUT2D eigenvalue weighted by molar-refractivity contribution is -0.121. The first-order valence-corrected chi connectivity index (χ1v) is 9.33. The van der Waals surface area contributed by atoms with Crippen molar-refractivity contribution >= 4 is 16.9 Å². The second kappa shape index (κ2) is 8.17. The zero-order chi connectivity index (χ0) is 18.5. The minimum absolute atomic E-state index is 0.0597. The summed E-state index contributed by atoms with van der Waals surface area (Å²) in [4.78, 5) is 17.2. The zero-order valence-electron chi connectivity index (χ0n) is 15.8. The molecule has 1 aromatic heterocycles. The Morgan fingerprint density at radius 2 is 1.73 bits per heavy atom. The van der Waals surface area contributed by atoms with Crippen molar-refractivity contribution in [3.05, 3.63) is 66.0 Å². The third kappa shape index (κ3) is 4.31. The second-order valence-corrected chi connectivity index (χ2v) is 7.24. The smallest absolute Gasteiger partial charge is 0.220 e. The Hall–Kier alpha value is -2.62. The van der Waals surface area contributed by atoms with Crippen LogP contribution in [-0.4, -0.2) is 15.5 Å². The van der Waals surface area contributed by atoms with Gasteiger partial charge < -0.3 is 9.88 Å². The van der Waals surface area contributed by atoms with E-state index in [9.17, 15) is 4.79 Å². The second-order valence-electron chi connectivity index (χ2n) is 7.24. The molecule has 136 valence electrons. The van der Waals surface area contributed by atoms with E-state index >= 15 is 0 Å². The Morgan fingerprint density at radius 3 is 2.46 bits per heavy atom. The van der Waals surface area contributed by atoms with Crippen molar-refractivity contribution in [2.24, 2.45) is 5.92 Å². The van der Waals surface area contributed by atoms with Gasteiger partial charge in [0.15, 0.2) is 0 Å². The van der Waals surface area contributed by atoms with Crippen molar-refractivity contribution in [3.63, 3.8) is 0 Å². The van der Waals surface area contributed by atoms with E-state index in [4.69, 9.17) is 4.98 Å². The monoisotopic (exact) mass is 349 g/mol. The molecule has 0 saturated heterocycles. The normalized spacial score (nSPS) is 12.5. The topological polar surface area (TPSA) is 46.9 Å². The standard InChI is InChI=1S/C22H27N3O/c1-16(2)15-25-20-12-8-7-11-19(20)24-22(25)17(3)23-21(26)14-13-18-9-5-4-6-10-18/h4-12,16-17H,13-15H2,1-3H3,(H,23,26). The van der Waals surface area contributed by atoms with Gasteiger partial charge in [-0.2, -0.15) is 0 Å². The molecule has 4 heteroatoms. The van der Waals surface area contributed by atoms with Crippen LogP contribution in [0.2, 0.25) is 0 Å². The van der Waals surface area contributed by atoms with Gasteiger partial charge in [0.25, 0.3) is 0 Å². The third-order valence-electron chi connectivity index (χ3n) is 4.48. The molecule has 1 atom stereocenters. The number of hydrogen-bond donors (Lipinski definition) is 1. The molecule has 0 bridgehead atoms. The van der Waals surface area contributed by atoms with Gasteiger partial charge in [0.1, 0.15) is 5.82 Å². The van der Waals surface area contributed by atoms with Crippen LogP contribution in [0.25, 0.3) is 11.0 Å². The molecule has 1 N–H and O–H groups in total. The highest BCUT2D eigenvalue weighted by Gasteiger charge is 2.18. The molecular formula is C22H27N3O. The fourth-order valence-corrected chi connectivity index (χ4v) is 3.26. The Kier molecular flexibility index (Phi) is 5.71. The molecule has 0 spiro atoms. The van der Waals surface area contributed by atoms with Crippen LogP contribution in [0.4, 0.5) is 0 Å². The summed E-state index contributed by atoms with van der Waals surface area (Å²) >= 11 is 0. The molecule has 0 aliphatic rings. The van der Waals surface area contributed by atoms with Gasteiger partial charge in [-0.25, -0.2) is 4.98 Å². The molecule has 3 rings (SSSR count). The van der Waals surface area contributed by atoms with Crippen LogP contribution < -0.4 is 5.32 Å². The number of amides is 1. The number of benzene rings is 2. The number of para-hydroxylation sites is 2.